The molecular weight excluding hydrogens is 171 g/mol. The van der Waals surface area contributed by atoms with Gasteiger partial charge in [-0.2, -0.15) is 0 Å². The van der Waals surface area contributed by atoms with Crippen LogP contribution in [0.15, 0.2) is 11.4 Å². The maximum atomic E-state index is 5.45. The first-order chi connectivity index (χ1) is 5.79. The highest BCUT2D eigenvalue weighted by atomic mass is 32.2. The monoisotopic (exact) mass is 176 g/mol. The van der Waals surface area contributed by atoms with Crippen molar-refractivity contribution in [2.24, 2.45) is 0 Å². The number of aromatic nitrogens is 4. The molecule has 0 aliphatic heterocycles. The normalized spacial score (nSPS) is 10.8. The third-order valence-electron chi connectivity index (χ3n) is 1.40. The number of H-pyrrole nitrogens is 1. The van der Waals surface area contributed by atoms with Gasteiger partial charge in [-0.3, -0.25) is 0 Å². The van der Waals surface area contributed by atoms with Gasteiger partial charge in [0.2, 0.25) is 0 Å². The molecule has 4 nitrogen and oxygen atoms in total. The molecule has 0 aliphatic carbocycles. The van der Waals surface area contributed by atoms with E-state index < -0.39 is 0 Å². The van der Waals surface area contributed by atoms with Crippen molar-refractivity contribution in [2.45, 2.75) is 5.16 Å². The highest BCUT2D eigenvalue weighted by Crippen LogP contribution is 2.12. The quantitative estimate of drug-likeness (QED) is 0.485. The Morgan fingerprint density at radius 2 is 2.33 bits per heavy atom. The van der Waals surface area contributed by atoms with Crippen molar-refractivity contribution < 1.29 is 0 Å². The highest BCUT2D eigenvalue weighted by Gasteiger charge is 2.02. The van der Waals surface area contributed by atoms with E-state index >= 15 is 0 Å². The fraction of sp³-hybridized carbons (Fsp3) is 0.167. The molecule has 0 saturated heterocycles. The molecule has 0 atom stereocenters. The zero-order valence-corrected chi connectivity index (χ0v) is 7.22. The largest absolute Gasteiger partial charge is 0.316 e. The van der Waals surface area contributed by atoms with Gasteiger partial charge in [-0.05, 0) is 6.26 Å². The highest BCUT2D eigenvalue weighted by molar-refractivity contribution is 7.98. The lowest BCUT2D eigenvalue weighted by molar-refractivity contribution is 1.07. The maximum Gasteiger partial charge on any atom is 0.198 e. The molecule has 0 amide bonds. The van der Waals surface area contributed by atoms with Crippen LogP contribution in [0.25, 0.3) is 11.3 Å². The lowest BCUT2D eigenvalue weighted by atomic mass is 10.1. The molecule has 6 heteroatoms. The molecule has 0 spiro atoms. The summed E-state index contributed by atoms with van der Waals surface area (Å²) in [5, 5.41) is 0.801. The predicted molar refractivity (Wildman–Crippen MR) is 48.9 cm³/mol. The van der Waals surface area contributed by atoms with Crippen LogP contribution in [0.5, 0.6) is 0 Å². The van der Waals surface area contributed by atoms with Crippen molar-refractivity contribution in [1.82, 2.24) is 19.9 Å². The molecule has 0 fully saturated rings. The van der Waals surface area contributed by atoms with E-state index in [9.17, 15) is 0 Å². The van der Waals surface area contributed by atoms with Crippen molar-refractivity contribution >= 4 is 36.5 Å². The van der Waals surface area contributed by atoms with Crippen molar-refractivity contribution in [2.75, 3.05) is 6.26 Å². The van der Waals surface area contributed by atoms with Gasteiger partial charge in [0.25, 0.3) is 0 Å². The fourth-order valence-corrected chi connectivity index (χ4v) is 1.26. The van der Waals surface area contributed by atoms with Gasteiger partial charge in [0, 0.05) is 11.8 Å². The standard InChI is InChI=1S/C6H5BN4S/c1-12-6-10-4-5(11-6)9-3(7)2-8-4/h2H,1H3,(H,8,9,10,11). The second-order valence-corrected chi connectivity index (χ2v) is 3.01. The van der Waals surface area contributed by atoms with E-state index in [1.807, 2.05) is 6.26 Å². The van der Waals surface area contributed by atoms with E-state index in [-0.39, 0.29) is 0 Å². The topological polar surface area (TPSA) is 54.5 Å². The molecule has 58 valence electrons. The van der Waals surface area contributed by atoms with Gasteiger partial charge in [0.1, 0.15) is 7.85 Å². The van der Waals surface area contributed by atoms with Crippen LogP contribution in [0.4, 0.5) is 0 Å². The van der Waals surface area contributed by atoms with Crippen molar-refractivity contribution in [3.05, 3.63) is 6.20 Å². The molecule has 1 N–H and O–H groups in total. The van der Waals surface area contributed by atoms with Crippen LogP contribution in [0.2, 0.25) is 0 Å². The number of hydrogen-bond donors (Lipinski definition) is 1. The molecule has 2 aromatic rings. The van der Waals surface area contributed by atoms with Crippen LogP contribution in [0, 0.1) is 0 Å². The molecule has 2 aromatic heterocycles. The SMILES string of the molecule is [B]c1cnc2nc(SC)[nH]c2n1. The molecule has 2 rings (SSSR count). The minimum absolute atomic E-state index is 0.402. The Balaban J connectivity index is 2.67. The zero-order chi connectivity index (χ0) is 8.55. The first kappa shape index (κ1) is 7.61. The van der Waals surface area contributed by atoms with Gasteiger partial charge in [-0.1, -0.05) is 11.8 Å². The number of aromatic amines is 1. The minimum Gasteiger partial charge on any atom is -0.316 e. The predicted octanol–water partition coefficient (Wildman–Crippen LogP) is -0.131. The van der Waals surface area contributed by atoms with Crippen LogP contribution < -0.4 is 5.59 Å². The Labute approximate surface area is 74.6 Å². The smallest absolute Gasteiger partial charge is 0.198 e. The molecular formula is C6H5BN4S. The summed E-state index contributed by atoms with van der Waals surface area (Å²) in [5.74, 6) is 0. The minimum atomic E-state index is 0.402. The van der Waals surface area contributed by atoms with Gasteiger partial charge < -0.3 is 4.98 Å². The summed E-state index contributed by atoms with van der Waals surface area (Å²) in [6, 6.07) is 0. The number of hydrogen-bond acceptors (Lipinski definition) is 4. The van der Waals surface area contributed by atoms with Gasteiger partial charge in [-0.25, -0.2) is 15.0 Å². The molecule has 0 aliphatic rings. The summed E-state index contributed by atoms with van der Waals surface area (Å²) < 4.78 is 0. The summed E-state index contributed by atoms with van der Waals surface area (Å²) in [7, 11) is 5.45. The number of fused-ring (bicyclic) bond motifs is 1. The zero-order valence-electron chi connectivity index (χ0n) is 6.40. The van der Waals surface area contributed by atoms with Crippen LogP contribution in [0.1, 0.15) is 0 Å². The van der Waals surface area contributed by atoms with Gasteiger partial charge in [0.05, 0.1) is 0 Å². The Bertz CT molecular complexity index is 413. The number of nitrogens with zero attached hydrogens (tertiary/aromatic N) is 3. The van der Waals surface area contributed by atoms with Crippen molar-refractivity contribution in [3.63, 3.8) is 0 Å². The average Bonchev–Trinajstić information content (AvgIpc) is 2.46. The number of nitrogens with one attached hydrogen (secondary N) is 1. The Morgan fingerprint density at radius 1 is 1.50 bits per heavy atom. The van der Waals surface area contributed by atoms with Crippen molar-refractivity contribution in [1.29, 1.82) is 0 Å². The van der Waals surface area contributed by atoms with E-state index in [0.717, 1.165) is 5.16 Å². The molecule has 0 aromatic carbocycles. The second-order valence-electron chi connectivity index (χ2n) is 2.21. The van der Waals surface area contributed by atoms with E-state index in [0.29, 0.717) is 16.9 Å². The lowest BCUT2D eigenvalue weighted by Gasteiger charge is -1.88. The lowest BCUT2D eigenvalue weighted by Crippen LogP contribution is -2.08. The van der Waals surface area contributed by atoms with Gasteiger partial charge in [-0.15, -0.1) is 0 Å². The Kier molecular flexibility index (Phi) is 1.76. The van der Waals surface area contributed by atoms with E-state index in [4.69, 9.17) is 7.85 Å². The first-order valence-corrected chi connectivity index (χ1v) is 4.54. The molecule has 0 bridgehead atoms. The third-order valence-corrected chi connectivity index (χ3v) is 1.98. The third kappa shape index (κ3) is 1.18. The van der Waals surface area contributed by atoms with Crippen molar-refractivity contribution in [3.8, 4) is 0 Å². The van der Waals surface area contributed by atoms with Crippen LogP contribution in [0.3, 0.4) is 0 Å². The van der Waals surface area contributed by atoms with Crippen LogP contribution >= 0.6 is 11.8 Å². The van der Waals surface area contributed by atoms with E-state index in [1.54, 1.807) is 0 Å². The number of rotatable bonds is 1. The molecule has 2 heterocycles. The maximum absolute atomic E-state index is 5.45. The molecule has 0 saturated carbocycles. The molecule has 12 heavy (non-hydrogen) atoms. The molecule has 2 radical (unpaired) electrons. The summed E-state index contributed by atoms with van der Waals surface area (Å²) in [6.07, 6.45) is 3.42. The average molecular weight is 176 g/mol. The fourth-order valence-electron chi connectivity index (χ4n) is 0.884. The Morgan fingerprint density at radius 3 is 3.08 bits per heavy atom. The summed E-state index contributed by atoms with van der Waals surface area (Å²) in [4.78, 5) is 15.2. The summed E-state index contributed by atoms with van der Waals surface area (Å²) in [6.45, 7) is 0. The summed E-state index contributed by atoms with van der Waals surface area (Å²) in [5.41, 5.74) is 1.65. The van der Waals surface area contributed by atoms with Crippen LogP contribution in [-0.2, 0) is 0 Å². The Hall–Kier alpha value is -1.04. The van der Waals surface area contributed by atoms with Gasteiger partial charge in [0.15, 0.2) is 16.5 Å². The first-order valence-electron chi connectivity index (χ1n) is 3.32. The number of thioether (sulfide) groups is 1. The molecule has 0 unspecified atom stereocenters. The number of imidazole rings is 1. The second kappa shape index (κ2) is 2.78. The van der Waals surface area contributed by atoms with Crippen LogP contribution in [-0.4, -0.2) is 34.0 Å². The summed E-state index contributed by atoms with van der Waals surface area (Å²) >= 11 is 1.51. The van der Waals surface area contributed by atoms with Gasteiger partial charge >= 0.3 is 0 Å². The van der Waals surface area contributed by atoms with E-state index in [1.165, 1.54) is 18.0 Å². The van der Waals surface area contributed by atoms with E-state index in [2.05, 4.69) is 19.9 Å².